The molecule has 4 nitrogen and oxygen atoms in total. The first kappa shape index (κ1) is 12.0. The third-order valence-corrected chi connectivity index (χ3v) is 3.09. The summed E-state index contributed by atoms with van der Waals surface area (Å²) < 4.78 is 5.81. The van der Waals surface area contributed by atoms with Gasteiger partial charge >= 0.3 is 0 Å². The van der Waals surface area contributed by atoms with Gasteiger partial charge in [-0.2, -0.15) is 5.10 Å². The highest BCUT2D eigenvalue weighted by molar-refractivity contribution is 5.77. The minimum atomic E-state index is 0.778. The average Bonchev–Trinajstić information content (AvgIpc) is 2.94. The molecular formula is C15H17N3O. The Morgan fingerprint density at radius 3 is 2.79 bits per heavy atom. The summed E-state index contributed by atoms with van der Waals surface area (Å²) in [5.41, 5.74) is 3.09. The van der Waals surface area contributed by atoms with E-state index < -0.39 is 0 Å². The molecule has 0 bridgehead atoms. The first-order valence-corrected chi connectivity index (χ1v) is 6.37. The van der Waals surface area contributed by atoms with E-state index in [1.807, 2.05) is 25.1 Å². The Morgan fingerprint density at radius 2 is 2.05 bits per heavy atom. The zero-order chi connectivity index (χ0) is 13.2. The summed E-state index contributed by atoms with van der Waals surface area (Å²) in [6.45, 7) is 3.59. The number of rotatable bonds is 4. The van der Waals surface area contributed by atoms with Crippen molar-refractivity contribution in [3.63, 3.8) is 0 Å². The lowest BCUT2D eigenvalue weighted by Gasteiger charge is -2.12. The number of H-pyrrole nitrogens is 1. The lowest BCUT2D eigenvalue weighted by Crippen LogP contribution is -2.17. The second kappa shape index (κ2) is 4.90. The van der Waals surface area contributed by atoms with Crippen LogP contribution in [0.3, 0.4) is 0 Å². The summed E-state index contributed by atoms with van der Waals surface area (Å²) in [6.07, 6.45) is 0. The van der Waals surface area contributed by atoms with Crippen molar-refractivity contribution in [3.8, 4) is 0 Å². The van der Waals surface area contributed by atoms with E-state index in [2.05, 4.69) is 40.3 Å². The van der Waals surface area contributed by atoms with Crippen molar-refractivity contribution in [1.29, 1.82) is 0 Å². The van der Waals surface area contributed by atoms with Gasteiger partial charge in [-0.25, -0.2) is 0 Å². The van der Waals surface area contributed by atoms with Crippen LogP contribution >= 0.6 is 0 Å². The number of aromatic amines is 1. The summed E-state index contributed by atoms with van der Waals surface area (Å²) >= 11 is 0. The largest absolute Gasteiger partial charge is 0.460 e. The zero-order valence-corrected chi connectivity index (χ0v) is 11.2. The van der Waals surface area contributed by atoms with E-state index >= 15 is 0 Å². The van der Waals surface area contributed by atoms with Crippen LogP contribution in [-0.4, -0.2) is 22.1 Å². The molecule has 2 aromatic heterocycles. The number of para-hydroxylation sites is 1. The van der Waals surface area contributed by atoms with Gasteiger partial charge in [-0.1, -0.05) is 18.2 Å². The van der Waals surface area contributed by atoms with Crippen LogP contribution in [0.1, 0.15) is 17.1 Å². The van der Waals surface area contributed by atoms with Crippen molar-refractivity contribution in [1.82, 2.24) is 15.1 Å². The molecule has 0 saturated carbocycles. The fourth-order valence-corrected chi connectivity index (χ4v) is 2.27. The predicted molar refractivity (Wildman–Crippen MR) is 74.7 cm³/mol. The topological polar surface area (TPSA) is 45.1 Å². The maximum absolute atomic E-state index is 5.81. The summed E-state index contributed by atoms with van der Waals surface area (Å²) in [5.74, 6) is 0.982. The molecule has 2 heterocycles. The third kappa shape index (κ3) is 2.69. The van der Waals surface area contributed by atoms with Gasteiger partial charge in [0.2, 0.25) is 0 Å². The van der Waals surface area contributed by atoms with Crippen molar-refractivity contribution >= 4 is 11.0 Å². The average molecular weight is 255 g/mol. The van der Waals surface area contributed by atoms with E-state index in [-0.39, 0.29) is 0 Å². The second-order valence-electron chi connectivity index (χ2n) is 4.97. The standard InChI is InChI=1S/C15H17N3O/c1-11-7-13(17-16-11)9-18(2)10-14-8-12-5-3-4-6-15(12)19-14/h3-8H,9-10H2,1-2H3,(H,16,17). The fourth-order valence-electron chi connectivity index (χ4n) is 2.27. The molecule has 19 heavy (non-hydrogen) atoms. The number of benzene rings is 1. The van der Waals surface area contributed by atoms with Gasteiger partial charge in [0, 0.05) is 17.6 Å². The SMILES string of the molecule is Cc1cc(CN(C)Cc2cc3ccccc3o2)n[nH]1. The van der Waals surface area contributed by atoms with Gasteiger partial charge in [-0.05, 0) is 32.2 Å². The number of hydrogen-bond donors (Lipinski definition) is 1. The van der Waals surface area contributed by atoms with Crippen molar-refractivity contribution in [3.05, 3.63) is 53.5 Å². The normalized spacial score (nSPS) is 11.5. The smallest absolute Gasteiger partial charge is 0.134 e. The Balaban J connectivity index is 1.70. The van der Waals surface area contributed by atoms with Crippen LogP contribution in [0, 0.1) is 6.92 Å². The molecule has 0 spiro atoms. The molecule has 0 saturated heterocycles. The van der Waals surface area contributed by atoms with Crippen molar-refractivity contribution < 1.29 is 4.42 Å². The molecule has 3 aromatic rings. The molecule has 0 aliphatic carbocycles. The van der Waals surface area contributed by atoms with E-state index in [1.165, 1.54) is 0 Å². The maximum Gasteiger partial charge on any atom is 0.134 e. The minimum absolute atomic E-state index is 0.778. The Morgan fingerprint density at radius 1 is 1.21 bits per heavy atom. The summed E-state index contributed by atoms with van der Waals surface area (Å²) in [5, 5.41) is 8.36. The van der Waals surface area contributed by atoms with E-state index in [1.54, 1.807) is 0 Å². The van der Waals surface area contributed by atoms with Gasteiger partial charge in [0.15, 0.2) is 0 Å². The van der Waals surface area contributed by atoms with E-state index in [0.717, 1.165) is 41.2 Å². The first-order valence-electron chi connectivity index (χ1n) is 6.37. The number of aromatic nitrogens is 2. The quantitative estimate of drug-likeness (QED) is 0.779. The summed E-state index contributed by atoms with van der Waals surface area (Å²) in [4.78, 5) is 2.19. The van der Waals surface area contributed by atoms with Crippen molar-refractivity contribution in [2.45, 2.75) is 20.0 Å². The number of nitrogens with one attached hydrogen (secondary N) is 1. The fraction of sp³-hybridized carbons (Fsp3) is 0.267. The maximum atomic E-state index is 5.81. The van der Waals surface area contributed by atoms with Gasteiger partial charge in [0.05, 0.1) is 12.2 Å². The number of fused-ring (bicyclic) bond motifs is 1. The van der Waals surface area contributed by atoms with E-state index in [9.17, 15) is 0 Å². The van der Waals surface area contributed by atoms with Crippen LogP contribution in [0.15, 0.2) is 40.8 Å². The lowest BCUT2D eigenvalue weighted by molar-refractivity contribution is 0.288. The first-order chi connectivity index (χ1) is 9.20. The lowest BCUT2D eigenvalue weighted by atomic mass is 10.2. The summed E-state index contributed by atoms with van der Waals surface area (Å²) in [6, 6.07) is 12.2. The zero-order valence-electron chi connectivity index (χ0n) is 11.2. The molecule has 98 valence electrons. The Kier molecular flexibility index (Phi) is 3.09. The summed E-state index contributed by atoms with van der Waals surface area (Å²) in [7, 11) is 2.07. The van der Waals surface area contributed by atoms with Crippen LogP contribution in [0.4, 0.5) is 0 Å². The van der Waals surface area contributed by atoms with Crippen molar-refractivity contribution in [2.24, 2.45) is 0 Å². The molecule has 1 N–H and O–H groups in total. The van der Waals surface area contributed by atoms with Gasteiger partial charge in [0.25, 0.3) is 0 Å². The highest BCUT2D eigenvalue weighted by atomic mass is 16.3. The molecule has 0 fully saturated rings. The highest BCUT2D eigenvalue weighted by Gasteiger charge is 2.08. The molecule has 0 amide bonds. The molecule has 1 aromatic carbocycles. The minimum Gasteiger partial charge on any atom is -0.460 e. The van der Waals surface area contributed by atoms with E-state index in [4.69, 9.17) is 4.42 Å². The van der Waals surface area contributed by atoms with Crippen LogP contribution in [0.25, 0.3) is 11.0 Å². The van der Waals surface area contributed by atoms with Gasteiger partial charge < -0.3 is 4.42 Å². The predicted octanol–water partition coefficient (Wildman–Crippen LogP) is 3.10. The number of furan rings is 1. The second-order valence-corrected chi connectivity index (χ2v) is 4.97. The Bertz CT molecular complexity index is 650. The van der Waals surface area contributed by atoms with Gasteiger partial charge in [-0.15, -0.1) is 0 Å². The van der Waals surface area contributed by atoms with Crippen LogP contribution in [0.2, 0.25) is 0 Å². The molecule has 0 aliphatic rings. The molecule has 3 rings (SSSR count). The molecular weight excluding hydrogens is 238 g/mol. The molecule has 4 heteroatoms. The molecule has 0 radical (unpaired) electrons. The Labute approximate surface area is 112 Å². The highest BCUT2D eigenvalue weighted by Crippen LogP contribution is 2.20. The van der Waals surface area contributed by atoms with Crippen LogP contribution < -0.4 is 0 Å². The number of aryl methyl sites for hydroxylation is 1. The molecule has 0 aliphatic heterocycles. The third-order valence-electron chi connectivity index (χ3n) is 3.09. The van der Waals surface area contributed by atoms with Crippen molar-refractivity contribution in [2.75, 3.05) is 7.05 Å². The van der Waals surface area contributed by atoms with E-state index in [0.29, 0.717) is 0 Å². The Hall–Kier alpha value is -2.07. The van der Waals surface area contributed by atoms with Crippen LogP contribution in [-0.2, 0) is 13.1 Å². The van der Waals surface area contributed by atoms with Crippen LogP contribution in [0.5, 0.6) is 0 Å². The molecule has 0 atom stereocenters. The molecule has 0 unspecified atom stereocenters. The number of nitrogens with zero attached hydrogens (tertiary/aromatic N) is 2. The van der Waals surface area contributed by atoms with Gasteiger partial charge in [-0.3, -0.25) is 10.00 Å². The monoisotopic (exact) mass is 255 g/mol. The van der Waals surface area contributed by atoms with Gasteiger partial charge in [0.1, 0.15) is 11.3 Å². The number of hydrogen-bond acceptors (Lipinski definition) is 3.